The average Bonchev–Trinajstić information content (AvgIpc) is 3.01. The number of hydrogen-bond donors (Lipinski definition) is 1. The van der Waals surface area contributed by atoms with Crippen molar-refractivity contribution in [2.75, 3.05) is 6.54 Å². The minimum atomic E-state index is -1.04. The van der Waals surface area contributed by atoms with E-state index in [4.69, 9.17) is 12.2 Å². The van der Waals surface area contributed by atoms with Gasteiger partial charge >= 0.3 is 0 Å². The summed E-state index contributed by atoms with van der Waals surface area (Å²) in [5.74, 6) is -2.01. The van der Waals surface area contributed by atoms with Crippen LogP contribution in [0.2, 0.25) is 0 Å². The smallest absolute Gasteiger partial charge is 0.255 e. The summed E-state index contributed by atoms with van der Waals surface area (Å²) in [6.07, 6.45) is 1.68. The number of nitrogens with zero attached hydrogens (tertiary/aromatic N) is 2. The number of carbonyl (C=O) groups is 3. The van der Waals surface area contributed by atoms with Crippen molar-refractivity contribution in [3.63, 3.8) is 0 Å². The van der Waals surface area contributed by atoms with Crippen molar-refractivity contribution in [1.82, 2.24) is 15.1 Å². The largest absolute Gasteiger partial charge is 0.326 e. The van der Waals surface area contributed by atoms with Gasteiger partial charge in [0.2, 0.25) is 11.8 Å². The first kappa shape index (κ1) is 20.2. The molecule has 6 nitrogen and oxygen atoms in total. The van der Waals surface area contributed by atoms with E-state index < -0.39 is 17.9 Å². The molecule has 1 saturated heterocycles. The van der Waals surface area contributed by atoms with Crippen molar-refractivity contribution >= 4 is 35.1 Å². The summed E-state index contributed by atoms with van der Waals surface area (Å²) >= 11 is 5.25. The van der Waals surface area contributed by atoms with Gasteiger partial charge in [-0.3, -0.25) is 19.3 Å². The number of amides is 3. The van der Waals surface area contributed by atoms with Gasteiger partial charge in [-0.15, -0.1) is 0 Å². The van der Waals surface area contributed by atoms with Crippen molar-refractivity contribution in [2.24, 2.45) is 5.92 Å². The summed E-state index contributed by atoms with van der Waals surface area (Å²) in [7, 11) is 0. The zero-order valence-electron chi connectivity index (χ0n) is 16.7. The molecule has 2 aromatic rings. The van der Waals surface area contributed by atoms with Gasteiger partial charge in [0.1, 0.15) is 5.92 Å². The summed E-state index contributed by atoms with van der Waals surface area (Å²) < 4.78 is 0. The quantitative estimate of drug-likeness (QED) is 0.575. The number of hydrogen-bond acceptors (Lipinski definition) is 4. The molecular weight excluding hydrogens is 398 g/mol. The predicted octanol–water partition coefficient (Wildman–Crippen LogP) is 3.04. The Morgan fingerprint density at radius 2 is 1.70 bits per heavy atom. The molecule has 0 saturated carbocycles. The molecule has 0 spiro atoms. The van der Waals surface area contributed by atoms with Crippen LogP contribution in [0.4, 0.5) is 0 Å². The number of nitrogens with one attached hydrogen (secondary N) is 1. The van der Waals surface area contributed by atoms with Gasteiger partial charge in [0.05, 0.1) is 6.04 Å². The summed E-state index contributed by atoms with van der Waals surface area (Å²) in [5.41, 5.74) is 2.17. The lowest BCUT2D eigenvalue weighted by atomic mass is 9.89. The molecule has 2 aromatic carbocycles. The number of fused-ring (bicyclic) bond motifs is 1. The molecule has 0 aromatic heterocycles. The minimum absolute atomic E-state index is 0.141. The summed E-state index contributed by atoms with van der Waals surface area (Å²) in [6.45, 7) is 2.79. The van der Waals surface area contributed by atoms with E-state index in [1.807, 2.05) is 49.4 Å². The average molecular weight is 422 g/mol. The van der Waals surface area contributed by atoms with Crippen LogP contribution in [-0.2, 0) is 16.1 Å². The molecule has 1 fully saturated rings. The van der Waals surface area contributed by atoms with Crippen LogP contribution >= 0.6 is 12.2 Å². The van der Waals surface area contributed by atoms with Crippen LogP contribution in [0.25, 0.3) is 0 Å². The Bertz CT molecular complexity index is 1010. The van der Waals surface area contributed by atoms with Crippen LogP contribution in [-0.4, -0.2) is 39.2 Å². The van der Waals surface area contributed by atoms with Gasteiger partial charge in [-0.1, -0.05) is 61.9 Å². The summed E-state index contributed by atoms with van der Waals surface area (Å²) in [4.78, 5) is 42.7. The molecule has 2 heterocycles. The normalized spacial score (nSPS) is 21.1. The van der Waals surface area contributed by atoms with Crippen LogP contribution in [0.3, 0.4) is 0 Å². The zero-order chi connectivity index (χ0) is 21.3. The summed E-state index contributed by atoms with van der Waals surface area (Å²) in [5, 5.41) is 2.83. The van der Waals surface area contributed by atoms with Gasteiger partial charge in [0.15, 0.2) is 5.11 Å². The van der Waals surface area contributed by atoms with Gasteiger partial charge < -0.3 is 10.2 Å². The van der Waals surface area contributed by atoms with Gasteiger partial charge in [0.25, 0.3) is 5.91 Å². The summed E-state index contributed by atoms with van der Waals surface area (Å²) in [6, 6.07) is 16.1. The maximum Gasteiger partial charge on any atom is 0.255 e. The van der Waals surface area contributed by atoms with E-state index in [9.17, 15) is 14.4 Å². The minimum Gasteiger partial charge on any atom is -0.326 e. The number of carbonyl (C=O) groups excluding carboxylic acids is 3. The fourth-order valence-corrected chi connectivity index (χ4v) is 4.43. The first-order valence-corrected chi connectivity index (χ1v) is 10.5. The Morgan fingerprint density at radius 3 is 2.43 bits per heavy atom. The van der Waals surface area contributed by atoms with E-state index in [-0.39, 0.29) is 16.9 Å². The van der Waals surface area contributed by atoms with Gasteiger partial charge in [-0.2, -0.15) is 0 Å². The molecule has 2 atom stereocenters. The van der Waals surface area contributed by atoms with Gasteiger partial charge in [-0.05, 0) is 35.8 Å². The number of unbranched alkanes of at least 4 members (excludes halogenated alkanes) is 1. The first-order chi connectivity index (χ1) is 14.5. The van der Waals surface area contributed by atoms with Crippen molar-refractivity contribution < 1.29 is 14.4 Å². The maximum absolute atomic E-state index is 13.4. The third-order valence-electron chi connectivity index (χ3n) is 5.64. The Labute approximate surface area is 180 Å². The molecule has 2 aliphatic rings. The second-order valence-electron chi connectivity index (χ2n) is 7.57. The monoisotopic (exact) mass is 421 g/mol. The molecule has 4 rings (SSSR count). The van der Waals surface area contributed by atoms with E-state index in [0.717, 1.165) is 18.4 Å². The van der Waals surface area contributed by atoms with Crippen molar-refractivity contribution in [3.8, 4) is 0 Å². The first-order valence-electron chi connectivity index (χ1n) is 10.1. The Hall–Kier alpha value is -3.06. The second-order valence-corrected chi connectivity index (χ2v) is 7.95. The van der Waals surface area contributed by atoms with E-state index in [1.54, 1.807) is 17.0 Å². The highest BCUT2D eigenvalue weighted by molar-refractivity contribution is 7.80. The van der Waals surface area contributed by atoms with E-state index in [0.29, 0.717) is 24.2 Å². The van der Waals surface area contributed by atoms with Gasteiger partial charge in [0, 0.05) is 18.7 Å². The van der Waals surface area contributed by atoms with Gasteiger partial charge in [-0.25, -0.2) is 0 Å². The number of rotatable bonds is 6. The third kappa shape index (κ3) is 3.50. The lowest BCUT2D eigenvalue weighted by molar-refractivity contribution is -0.144. The fraction of sp³-hybridized carbons (Fsp3) is 0.304. The Kier molecular flexibility index (Phi) is 5.63. The van der Waals surface area contributed by atoms with Crippen molar-refractivity contribution in [1.29, 1.82) is 0 Å². The van der Waals surface area contributed by atoms with E-state index in [2.05, 4.69) is 5.32 Å². The molecule has 0 bridgehead atoms. The number of benzene rings is 2. The van der Waals surface area contributed by atoms with Crippen LogP contribution < -0.4 is 5.32 Å². The standard InChI is InChI=1S/C23H23N3O3S/c1-2-3-13-25-22(29)18(20(27)24-23(25)30)19-16-11-7-8-12-17(16)21(28)26(19)14-15-9-5-4-6-10-15/h4-12,18-19H,2-3,13-14H2,1H3,(H,24,27,30)/t18-,19-/m0/s1. The van der Waals surface area contributed by atoms with Crippen molar-refractivity contribution in [3.05, 3.63) is 71.3 Å². The lowest BCUT2D eigenvalue weighted by Gasteiger charge is -2.38. The topological polar surface area (TPSA) is 69.7 Å². The predicted molar refractivity (Wildman–Crippen MR) is 116 cm³/mol. The molecule has 7 heteroatoms. The van der Waals surface area contributed by atoms with Crippen LogP contribution in [0.15, 0.2) is 54.6 Å². The van der Waals surface area contributed by atoms with Crippen LogP contribution in [0.5, 0.6) is 0 Å². The third-order valence-corrected chi connectivity index (χ3v) is 5.97. The fourth-order valence-electron chi connectivity index (χ4n) is 4.15. The Morgan fingerprint density at radius 1 is 1.00 bits per heavy atom. The molecule has 2 aliphatic heterocycles. The number of thiocarbonyl (C=S) groups is 1. The molecule has 1 N–H and O–H groups in total. The Balaban J connectivity index is 1.74. The highest BCUT2D eigenvalue weighted by Crippen LogP contribution is 2.41. The highest BCUT2D eigenvalue weighted by Gasteiger charge is 2.50. The molecule has 30 heavy (non-hydrogen) atoms. The lowest BCUT2D eigenvalue weighted by Crippen LogP contribution is -2.60. The van der Waals surface area contributed by atoms with E-state index in [1.165, 1.54) is 4.90 Å². The maximum atomic E-state index is 13.4. The molecule has 0 unspecified atom stereocenters. The molecule has 0 aliphatic carbocycles. The molecule has 154 valence electrons. The van der Waals surface area contributed by atoms with E-state index >= 15 is 0 Å². The zero-order valence-corrected chi connectivity index (χ0v) is 17.5. The molecule has 0 radical (unpaired) electrons. The molecule has 3 amide bonds. The van der Waals surface area contributed by atoms with Crippen LogP contribution in [0, 0.1) is 5.92 Å². The SMILES string of the molecule is CCCCN1C(=O)[C@@H]([C@@H]2c3ccccc3C(=O)N2Cc2ccccc2)C(=O)NC1=S. The highest BCUT2D eigenvalue weighted by atomic mass is 32.1. The molecular formula is C23H23N3O3S. The van der Waals surface area contributed by atoms with Crippen molar-refractivity contribution in [2.45, 2.75) is 32.4 Å². The van der Waals surface area contributed by atoms with Crippen LogP contribution in [0.1, 0.15) is 47.3 Å². The second kappa shape index (κ2) is 8.36.